The van der Waals surface area contributed by atoms with Gasteiger partial charge in [0.05, 0.1) is 11.2 Å². The lowest BCUT2D eigenvalue weighted by Crippen LogP contribution is -2.14. The normalized spacial score (nSPS) is 10.8. The molecule has 0 bridgehead atoms. The molecular formula is C14H9FN2O3. The Morgan fingerprint density at radius 2 is 1.85 bits per heavy atom. The van der Waals surface area contributed by atoms with Crippen molar-refractivity contribution in [2.75, 3.05) is 0 Å². The Bertz CT molecular complexity index is 866. The van der Waals surface area contributed by atoms with E-state index >= 15 is 0 Å². The third kappa shape index (κ3) is 1.78. The van der Waals surface area contributed by atoms with Gasteiger partial charge in [0.1, 0.15) is 5.82 Å². The molecule has 0 amide bonds. The van der Waals surface area contributed by atoms with Gasteiger partial charge in [0, 0.05) is 30.0 Å². The van der Waals surface area contributed by atoms with E-state index in [1.165, 1.54) is 10.6 Å². The van der Waals surface area contributed by atoms with Gasteiger partial charge in [-0.3, -0.25) is 9.36 Å². The number of carbonyl (C=O) groups is 1. The van der Waals surface area contributed by atoms with Crippen LogP contribution < -0.4 is 5.43 Å². The van der Waals surface area contributed by atoms with E-state index < -0.39 is 17.3 Å². The number of hydrogen-bond donors (Lipinski definition) is 1. The van der Waals surface area contributed by atoms with Crippen molar-refractivity contribution < 1.29 is 14.3 Å². The molecule has 0 aliphatic rings. The van der Waals surface area contributed by atoms with Crippen LogP contribution in [-0.4, -0.2) is 20.3 Å². The zero-order chi connectivity index (χ0) is 14.3. The maximum Gasteiger partial charge on any atom is 0.416 e. The Morgan fingerprint density at radius 1 is 1.15 bits per heavy atom. The minimum atomic E-state index is -1.24. The van der Waals surface area contributed by atoms with Crippen molar-refractivity contribution in [3.63, 3.8) is 0 Å². The van der Waals surface area contributed by atoms with Crippen LogP contribution in [0.4, 0.5) is 9.18 Å². The van der Waals surface area contributed by atoms with Gasteiger partial charge in [-0.05, 0) is 24.3 Å². The highest BCUT2D eigenvalue weighted by molar-refractivity contribution is 5.88. The molecule has 2 aromatic heterocycles. The predicted molar refractivity (Wildman–Crippen MR) is 70.9 cm³/mol. The molecule has 5 nitrogen and oxygen atoms in total. The van der Waals surface area contributed by atoms with Gasteiger partial charge < -0.3 is 9.67 Å². The molecular weight excluding hydrogens is 263 g/mol. The van der Waals surface area contributed by atoms with Crippen LogP contribution in [0.25, 0.3) is 16.6 Å². The van der Waals surface area contributed by atoms with Crippen molar-refractivity contribution in [3.05, 3.63) is 65.0 Å². The molecule has 0 aliphatic heterocycles. The first-order valence-electron chi connectivity index (χ1n) is 5.79. The minimum Gasteiger partial charge on any atom is -0.464 e. The number of aromatic nitrogens is 2. The van der Waals surface area contributed by atoms with E-state index in [9.17, 15) is 14.0 Å². The highest BCUT2D eigenvalue weighted by Gasteiger charge is 2.13. The molecule has 2 heterocycles. The monoisotopic (exact) mass is 272 g/mol. The van der Waals surface area contributed by atoms with E-state index in [2.05, 4.69) is 0 Å². The average Bonchev–Trinajstić information content (AvgIpc) is 2.92. The fraction of sp³-hybridized carbons (Fsp3) is 0. The molecule has 0 fully saturated rings. The van der Waals surface area contributed by atoms with Crippen LogP contribution in [0.15, 0.2) is 53.7 Å². The molecule has 100 valence electrons. The van der Waals surface area contributed by atoms with Crippen LogP contribution in [0.5, 0.6) is 0 Å². The van der Waals surface area contributed by atoms with Crippen molar-refractivity contribution >= 4 is 17.0 Å². The minimum absolute atomic E-state index is 0.0308. The second kappa shape index (κ2) is 4.34. The summed E-state index contributed by atoms with van der Waals surface area (Å²) < 4.78 is 16.5. The molecule has 0 aliphatic carbocycles. The van der Waals surface area contributed by atoms with E-state index in [0.717, 1.165) is 22.9 Å². The first-order chi connectivity index (χ1) is 9.58. The first-order valence-corrected chi connectivity index (χ1v) is 5.79. The second-order valence-electron chi connectivity index (χ2n) is 4.24. The summed E-state index contributed by atoms with van der Waals surface area (Å²) in [6.07, 6.45) is 3.19. The summed E-state index contributed by atoms with van der Waals surface area (Å²) >= 11 is 0. The van der Waals surface area contributed by atoms with Gasteiger partial charge in [-0.25, -0.2) is 9.18 Å². The van der Waals surface area contributed by atoms with Crippen LogP contribution in [-0.2, 0) is 0 Å². The maximum atomic E-state index is 14.1. The standard InChI is InChI=1S/C14H9FN2O3/c15-10-7-9-11(8-12(10)16-4-1-2-5-16)17(14(19)20)6-3-13(9)18/h1-8H,(H,19,20). The third-order valence-corrected chi connectivity index (χ3v) is 3.05. The quantitative estimate of drug-likeness (QED) is 0.740. The maximum absolute atomic E-state index is 14.1. The number of nitrogens with zero attached hydrogens (tertiary/aromatic N) is 2. The molecule has 1 aromatic carbocycles. The second-order valence-corrected chi connectivity index (χ2v) is 4.24. The van der Waals surface area contributed by atoms with E-state index in [1.807, 2.05) is 0 Å². The van der Waals surface area contributed by atoms with Gasteiger partial charge in [0.15, 0.2) is 5.43 Å². The SMILES string of the molecule is O=C(O)n1ccc(=O)c2cc(F)c(-n3cccc3)cc21. The van der Waals surface area contributed by atoms with Crippen LogP contribution in [0.2, 0.25) is 0 Å². The number of carboxylic acid groups (broad SMARTS) is 1. The summed E-state index contributed by atoms with van der Waals surface area (Å²) in [7, 11) is 0. The number of benzene rings is 1. The Morgan fingerprint density at radius 3 is 2.50 bits per heavy atom. The Hall–Kier alpha value is -2.89. The summed E-state index contributed by atoms with van der Waals surface area (Å²) in [4.78, 5) is 22.9. The van der Waals surface area contributed by atoms with Gasteiger partial charge >= 0.3 is 6.09 Å². The zero-order valence-electron chi connectivity index (χ0n) is 10.2. The molecule has 0 atom stereocenters. The fourth-order valence-electron chi connectivity index (χ4n) is 2.12. The van der Waals surface area contributed by atoms with E-state index in [-0.39, 0.29) is 16.6 Å². The molecule has 3 rings (SSSR count). The first kappa shape index (κ1) is 12.2. The average molecular weight is 272 g/mol. The van der Waals surface area contributed by atoms with Crippen LogP contribution in [0, 0.1) is 5.82 Å². The predicted octanol–water partition coefficient (Wildman–Crippen LogP) is 2.46. The molecule has 1 N–H and O–H groups in total. The Balaban J connectivity index is 2.42. The van der Waals surface area contributed by atoms with E-state index in [4.69, 9.17) is 5.11 Å². The summed E-state index contributed by atoms with van der Waals surface area (Å²) in [6, 6.07) is 6.95. The van der Waals surface area contributed by atoms with Gasteiger partial charge in [0.25, 0.3) is 0 Å². The topological polar surface area (TPSA) is 64.2 Å². The van der Waals surface area contributed by atoms with Crippen LogP contribution >= 0.6 is 0 Å². The van der Waals surface area contributed by atoms with Crippen molar-refractivity contribution in [2.24, 2.45) is 0 Å². The fourth-order valence-corrected chi connectivity index (χ4v) is 2.12. The van der Waals surface area contributed by atoms with Crippen molar-refractivity contribution in [3.8, 4) is 5.69 Å². The molecule has 0 spiro atoms. The highest BCUT2D eigenvalue weighted by atomic mass is 19.1. The van der Waals surface area contributed by atoms with Crippen LogP contribution in [0.1, 0.15) is 0 Å². The van der Waals surface area contributed by atoms with Gasteiger partial charge in [0.2, 0.25) is 0 Å². The van der Waals surface area contributed by atoms with E-state index in [0.29, 0.717) is 0 Å². The molecule has 0 radical (unpaired) electrons. The lowest BCUT2D eigenvalue weighted by Gasteiger charge is -2.10. The number of rotatable bonds is 1. The molecule has 3 aromatic rings. The molecule has 0 unspecified atom stereocenters. The summed E-state index contributed by atoms with van der Waals surface area (Å²) in [5.74, 6) is -0.589. The van der Waals surface area contributed by atoms with E-state index in [1.54, 1.807) is 24.5 Å². The third-order valence-electron chi connectivity index (χ3n) is 3.05. The van der Waals surface area contributed by atoms with Crippen molar-refractivity contribution in [1.82, 2.24) is 9.13 Å². The van der Waals surface area contributed by atoms with Crippen molar-refractivity contribution in [1.29, 1.82) is 0 Å². The number of halogens is 1. The number of pyridine rings is 1. The largest absolute Gasteiger partial charge is 0.464 e. The van der Waals surface area contributed by atoms with Crippen LogP contribution in [0.3, 0.4) is 0 Å². The van der Waals surface area contributed by atoms with Gasteiger partial charge in [-0.1, -0.05) is 0 Å². The smallest absolute Gasteiger partial charge is 0.416 e. The molecule has 20 heavy (non-hydrogen) atoms. The highest BCUT2D eigenvalue weighted by Crippen LogP contribution is 2.20. The Labute approximate surface area is 112 Å². The zero-order valence-corrected chi connectivity index (χ0v) is 10.2. The Kier molecular flexibility index (Phi) is 2.64. The number of hydrogen-bond acceptors (Lipinski definition) is 2. The van der Waals surface area contributed by atoms with Gasteiger partial charge in [-0.2, -0.15) is 0 Å². The summed E-state index contributed by atoms with van der Waals surface area (Å²) in [6.45, 7) is 0. The number of fused-ring (bicyclic) bond motifs is 1. The molecule has 0 saturated heterocycles. The lowest BCUT2D eigenvalue weighted by molar-refractivity contribution is 0.197. The lowest BCUT2D eigenvalue weighted by atomic mass is 10.1. The van der Waals surface area contributed by atoms with Crippen molar-refractivity contribution in [2.45, 2.75) is 0 Å². The van der Waals surface area contributed by atoms with Gasteiger partial charge in [-0.15, -0.1) is 0 Å². The molecule has 0 saturated carbocycles. The summed E-state index contributed by atoms with van der Waals surface area (Å²) in [5, 5.41) is 9.16. The molecule has 6 heteroatoms. The summed E-state index contributed by atoms with van der Waals surface area (Å²) in [5.41, 5.74) is -0.0892.